The zero-order chi connectivity index (χ0) is 17.9. The molecule has 3 rings (SSSR count). The smallest absolute Gasteiger partial charge is 0.317 e. The highest BCUT2D eigenvalue weighted by Crippen LogP contribution is 2.32. The van der Waals surface area contributed by atoms with Crippen molar-refractivity contribution in [2.24, 2.45) is 4.36 Å². The molecule has 2 saturated heterocycles. The SMILES string of the molecule is CCN=S1(=O)CCC2(CC1)CN(C(=O)NCCN(C)C1CC1)CCO2. The van der Waals surface area contributed by atoms with E-state index in [2.05, 4.69) is 21.6 Å². The first-order chi connectivity index (χ1) is 12.0. The average Bonchev–Trinajstić information content (AvgIpc) is 3.44. The lowest BCUT2D eigenvalue weighted by Gasteiger charge is -2.45. The molecule has 0 radical (unpaired) electrons. The maximum absolute atomic E-state index is 12.6. The normalized spacial score (nSPS) is 32.8. The Hall–Kier alpha value is -0.860. The monoisotopic (exact) mass is 372 g/mol. The number of rotatable bonds is 5. The molecule has 1 spiro atoms. The number of hydrogen-bond acceptors (Lipinski definition) is 5. The van der Waals surface area contributed by atoms with Crippen LogP contribution in [0.15, 0.2) is 4.36 Å². The second-order valence-electron chi connectivity index (χ2n) is 7.52. The summed E-state index contributed by atoms with van der Waals surface area (Å²) in [6.07, 6.45) is 4.01. The van der Waals surface area contributed by atoms with Crippen LogP contribution in [-0.2, 0) is 14.5 Å². The van der Waals surface area contributed by atoms with Crippen molar-refractivity contribution in [3.05, 3.63) is 0 Å². The van der Waals surface area contributed by atoms with Gasteiger partial charge in [0.15, 0.2) is 0 Å². The van der Waals surface area contributed by atoms with Gasteiger partial charge in [0.25, 0.3) is 0 Å². The predicted octanol–water partition coefficient (Wildman–Crippen LogP) is 1.14. The number of nitrogens with zero attached hydrogens (tertiary/aromatic N) is 3. The molecule has 0 aromatic rings. The van der Waals surface area contributed by atoms with E-state index in [4.69, 9.17) is 4.74 Å². The van der Waals surface area contributed by atoms with E-state index < -0.39 is 9.73 Å². The Morgan fingerprint density at radius 2 is 2.12 bits per heavy atom. The summed E-state index contributed by atoms with van der Waals surface area (Å²) in [6.45, 7) is 5.89. The van der Waals surface area contributed by atoms with Gasteiger partial charge in [-0.05, 0) is 39.7 Å². The molecule has 3 aliphatic rings. The Kier molecular flexibility index (Phi) is 5.90. The molecule has 2 amide bonds. The molecule has 3 fully saturated rings. The molecule has 0 atom stereocenters. The van der Waals surface area contributed by atoms with Crippen LogP contribution in [0.1, 0.15) is 32.6 Å². The molecular formula is C17H32N4O3S. The zero-order valence-corrected chi connectivity index (χ0v) is 16.4. The quantitative estimate of drug-likeness (QED) is 0.785. The summed E-state index contributed by atoms with van der Waals surface area (Å²) in [4.78, 5) is 16.7. The average molecular weight is 373 g/mol. The molecule has 2 heterocycles. The van der Waals surface area contributed by atoms with Crippen molar-refractivity contribution in [1.82, 2.24) is 15.1 Å². The van der Waals surface area contributed by atoms with Gasteiger partial charge in [0, 0.05) is 53.5 Å². The fourth-order valence-corrected chi connectivity index (χ4v) is 6.07. The molecule has 0 bridgehead atoms. The molecule has 1 aliphatic carbocycles. The molecule has 144 valence electrons. The summed E-state index contributed by atoms with van der Waals surface area (Å²) in [5.41, 5.74) is -0.329. The van der Waals surface area contributed by atoms with Gasteiger partial charge in [0.05, 0.1) is 18.8 Å². The first-order valence-electron chi connectivity index (χ1n) is 9.51. The third-order valence-corrected chi connectivity index (χ3v) is 7.98. The van der Waals surface area contributed by atoms with Gasteiger partial charge in [0.2, 0.25) is 0 Å². The summed E-state index contributed by atoms with van der Waals surface area (Å²) in [5.74, 6) is 1.17. The third-order valence-electron chi connectivity index (χ3n) is 5.56. The number of amides is 2. The van der Waals surface area contributed by atoms with Crippen LogP contribution in [0.2, 0.25) is 0 Å². The summed E-state index contributed by atoms with van der Waals surface area (Å²) in [7, 11) is 0.0606. The standard InChI is InChI=1S/C17H32N4O3S/c1-3-19-25(23)12-6-17(7-13-25)14-21(10-11-24-17)16(22)18-8-9-20(2)15-4-5-15/h15H,3-14H2,1-2H3,(H,18,22). The van der Waals surface area contributed by atoms with Gasteiger partial charge >= 0.3 is 6.03 Å². The fourth-order valence-electron chi connectivity index (χ4n) is 3.75. The van der Waals surface area contributed by atoms with Crippen molar-refractivity contribution in [2.75, 3.05) is 57.9 Å². The first kappa shape index (κ1) is 18.9. The number of nitrogens with one attached hydrogen (secondary N) is 1. The summed E-state index contributed by atoms with van der Waals surface area (Å²) in [5, 5.41) is 3.04. The lowest BCUT2D eigenvalue weighted by Crippen LogP contribution is -2.58. The molecule has 25 heavy (non-hydrogen) atoms. The zero-order valence-electron chi connectivity index (χ0n) is 15.5. The van der Waals surface area contributed by atoms with Gasteiger partial charge in [-0.15, -0.1) is 0 Å². The molecule has 8 heteroatoms. The maximum Gasteiger partial charge on any atom is 0.317 e. The Labute approximate surface area is 151 Å². The number of carbonyl (C=O) groups is 1. The van der Waals surface area contributed by atoms with E-state index in [0.717, 1.165) is 19.4 Å². The highest BCUT2D eigenvalue weighted by Gasteiger charge is 2.42. The number of carbonyl (C=O) groups excluding carboxylic acids is 1. The van der Waals surface area contributed by atoms with Crippen molar-refractivity contribution in [3.63, 3.8) is 0 Å². The van der Waals surface area contributed by atoms with Gasteiger partial charge in [-0.25, -0.2) is 13.4 Å². The van der Waals surface area contributed by atoms with Crippen LogP contribution >= 0.6 is 0 Å². The van der Waals surface area contributed by atoms with Crippen molar-refractivity contribution < 1.29 is 13.7 Å². The number of hydrogen-bond donors (Lipinski definition) is 1. The number of urea groups is 1. The molecule has 0 aromatic heterocycles. The van der Waals surface area contributed by atoms with Gasteiger partial charge in [-0.1, -0.05) is 0 Å². The highest BCUT2D eigenvalue weighted by molar-refractivity contribution is 7.93. The minimum atomic E-state index is -2.06. The van der Waals surface area contributed by atoms with Crippen LogP contribution in [-0.4, -0.2) is 89.6 Å². The van der Waals surface area contributed by atoms with E-state index in [0.29, 0.717) is 50.3 Å². The van der Waals surface area contributed by atoms with Crippen LogP contribution in [0.3, 0.4) is 0 Å². The second kappa shape index (κ2) is 7.80. The predicted molar refractivity (Wildman–Crippen MR) is 99.4 cm³/mol. The van der Waals surface area contributed by atoms with Crippen molar-refractivity contribution in [1.29, 1.82) is 0 Å². The van der Waals surface area contributed by atoms with E-state index >= 15 is 0 Å². The first-order valence-corrected chi connectivity index (χ1v) is 11.4. The Balaban J connectivity index is 1.48. The molecule has 0 aromatic carbocycles. The van der Waals surface area contributed by atoms with E-state index in [9.17, 15) is 9.00 Å². The van der Waals surface area contributed by atoms with E-state index in [-0.39, 0.29) is 11.6 Å². The van der Waals surface area contributed by atoms with Crippen molar-refractivity contribution >= 4 is 15.8 Å². The van der Waals surface area contributed by atoms with E-state index in [1.54, 1.807) is 0 Å². The number of ether oxygens (including phenoxy) is 1. The van der Waals surface area contributed by atoms with Crippen LogP contribution in [0.25, 0.3) is 0 Å². The van der Waals surface area contributed by atoms with Gasteiger partial charge < -0.3 is 19.9 Å². The minimum absolute atomic E-state index is 0.00331. The summed E-state index contributed by atoms with van der Waals surface area (Å²) < 4.78 is 22.9. The van der Waals surface area contributed by atoms with Crippen molar-refractivity contribution in [3.8, 4) is 0 Å². The third kappa shape index (κ3) is 4.86. The van der Waals surface area contributed by atoms with Crippen LogP contribution in [0, 0.1) is 0 Å². The lowest BCUT2D eigenvalue weighted by atomic mass is 9.94. The van der Waals surface area contributed by atoms with Gasteiger partial charge in [-0.2, -0.15) is 0 Å². The van der Waals surface area contributed by atoms with Crippen LogP contribution in [0.4, 0.5) is 4.79 Å². The van der Waals surface area contributed by atoms with Gasteiger partial charge in [0.1, 0.15) is 0 Å². The second-order valence-corrected chi connectivity index (χ2v) is 10.1. The molecule has 2 aliphatic heterocycles. The maximum atomic E-state index is 12.6. The summed E-state index contributed by atoms with van der Waals surface area (Å²) in [6, 6.07) is 0.714. The highest BCUT2D eigenvalue weighted by atomic mass is 32.2. The van der Waals surface area contributed by atoms with Crippen LogP contribution < -0.4 is 5.32 Å². The lowest BCUT2D eigenvalue weighted by molar-refractivity contribution is -0.102. The molecule has 1 N–H and O–H groups in total. The summed E-state index contributed by atoms with van der Waals surface area (Å²) >= 11 is 0. The Morgan fingerprint density at radius 3 is 2.76 bits per heavy atom. The number of morpholine rings is 1. The fraction of sp³-hybridized carbons (Fsp3) is 0.941. The Morgan fingerprint density at radius 1 is 1.40 bits per heavy atom. The van der Waals surface area contributed by atoms with Gasteiger partial charge in [-0.3, -0.25) is 0 Å². The molecular weight excluding hydrogens is 340 g/mol. The largest absolute Gasteiger partial charge is 0.371 e. The molecule has 7 nitrogen and oxygen atoms in total. The van der Waals surface area contributed by atoms with Crippen LogP contribution in [0.5, 0.6) is 0 Å². The molecule has 1 saturated carbocycles. The van der Waals surface area contributed by atoms with Crippen molar-refractivity contribution in [2.45, 2.75) is 44.2 Å². The van der Waals surface area contributed by atoms with E-state index in [1.807, 2.05) is 11.8 Å². The topological polar surface area (TPSA) is 74.2 Å². The Bertz CT molecular complexity index is 585. The molecule has 0 unspecified atom stereocenters. The number of likely N-dealkylation sites (N-methyl/N-ethyl adjacent to an activating group) is 1. The van der Waals surface area contributed by atoms with E-state index in [1.165, 1.54) is 12.8 Å². The minimum Gasteiger partial charge on any atom is -0.371 e.